The summed E-state index contributed by atoms with van der Waals surface area (Å²) in [5.74, 6) is -0.177. The monoisotopic (exact) mass is 316 g/mol. The van der Waals surface area contributed by atoms with Gasteiger partial charge in [0.1, 0.15) is 4.49 Å². The molecule has 1 aliphatic carbocycles. The molecule has 1 saturated carbocycles. The van der Waals surface area contributed by atoms with Gasteiger partial charge in [-0.2, -0.15) is 5.10 Å². The Balaban J connectivity index is 1.93. The first-order valence-electron chi connectivity index (χ1n) is 5.82. The van der Waals surface area contributed by atoms with Gasteiger partial charge in [-0.1, -0.05) is 43.1 Å². The van der Waals surface area contributed by atoms with Gasteiger partial charge in [0, 0.05) is 4.88 Å². The van der Waals surface area contributed by atoms with Crippen molar-refractivity contribution in [1.82, 2.24) is 5.43 Å². The highest BCUT2D eigenvalue weighted by Gasteiger charge is 2.60. The first-order valence-corrected chi connectivity index (χ1v) is 7.45. The van der Waals surface area contributed by atoms with E-state index in [1.165, 1.54) is 0 Å². The average Bonchev–Trinajstić information content (AvgIpc) is 2.69. The van der Waals surface area contributed by atoms with Crippen molar-refractivity contribution in [3.8, 4) is 0 Å². The van der Waals surface area contributed by atoms with Crippen LogP contribution in [-0.4, -0.2) is 12.1 Å². The van der Waals surface area contributed by atoms with Crippen LogP contribution in [0.25, 0.3) is 0 Å². The standard InChI is InChI=1S/C13H14Cl2N2OS/c1-13(2)9(6-10(14)15)11(13)12(18)17-16-7-8-4-3-5-19-8/h3-7,9,11H,1-2H3,(H,17,18)/b16-7+. The molecule has 0 bridgehead atoms. The van der Waals surface area contributed by atoms with Gasteiger partial charge in [-0.15, -0.1) is 11.3 Å². The Morgan fingerprint density at radius 3 is 2.84 bits per heavy atom. The first-order chi connectivity index (χ1) is 8.93. The molecule has 3 nitrogen and oxygen atoms in total. The summed E-state index contributed by atoms with van der Waals surface area (Å²) in [6.07, 6.45) is 3.35. The molecule has 1 aromatic heterocycles. The molecule has 6 heteroatoms. The van der Waals surface area contributed by atoms with Crippen LogP contribution in [0.5, 0.6) is 0 Å². The van der Waals surface area contributed by atoms with Crippen LogP contribution >= 0.6 is 34.5 Å². The number of amides is 1. The number of hydrogen-bond donors (Lipinski definition) is 1. The molecule has 2 atom stereocenters. The molecule has 1 amide bonds. The van der Waals surface area contributed by atoms with E-state index in [0.29, 0.717) is 0 Å². The van der Waals surface area contributed by atoms with E-state index < -0.39 is 0 Å². The van der Waals surface area contributed by atoms with E-state index in [1.807, 2.05) is 31.4 Å². The van der Waals surface area contributed by atoms with E-state index >= 15 is 0 Å². The van der Waals surface area contributed by atoms with Crippen molar-refractivity contribution in [3.63, 3.8) is 0 Å². The van der Waals surface area contributed by atoms with Crippen LogP contribution in [0.15, 0.2) is 33.2 Å². The number of nitrogens with one attached hydrogen (secondary N) is 1. The smallest absolute Gasteiger partial charge is 0.244 e. The number of hydrogen-bond acceptors (Lipinski definition) is 3. The summed E-state index contributed by atoms with van der Waals surface area (Å²) in [6.45, 7) is 4.02. The van der Waals surface area contributed by atoms with Gasteiger partial charge in [0.15, 0.2) is 0 Å². The normalized spacial score (nSPS) is 24.2. The molecule has 1 aromatic rings. The molecule has 1 heterocycles. The molecule has 19 heavy (non-hydrogen) atoms. The Morgan fingerprint density at radius 1 is 1.53 bits per heavy atom. The Hall–Kier alpha value is -0.840. The molecule has 2 rings (SSSR count). The summed E-state index contributed by atoms with van der Waals surface area (Å²) >= 11 is 12.9. The quantitative estimate of drug-likeness (QED) is 0.666. The highest BCUT2D eigenvalue weighted by molar-refractivity contribution is 7.11. The van der Waals surface area contributed by atoms with Crippen molar-refractivity contribution in [2.24, 2.45) is 22.4 Å². The lowest BCUT2D eigenvalue weighted by Crippen LogP contribution is -2.21. The Kier molecular flexibility index (Phi) is 4.33. The maximum Gasteiger partial charge on any atom is 0.244 e. The molecule has 0 saturated heterocycles. The number of thiophene rings is 1. The number of allylic oxidation sites excluding steroid dienone is 1. The molecule has 0 aliphatic heterocycles. The molecule has 1 aliphatic rings. The number of rotatable bonds is 4. The molecular weight excluding hydrogens is 303 g/mol. The van der Waals surface area contributed by atoms with Crippen molar-refractivity contribution in [1.29, 1.82) is 0 Å². The third-order valence-electron chi connectivity index (χ3n) is 3.41. The highest BCUT2D eigenvalue weighted by atomic mass is 35.5. The van der Waals surface area contributed by atoms with Gasteiger partial charge in [-0.3, -0.25) is 4.79 Å². The molecule has 0 radical (unpaired) electrons. The van der Waals surface area contributed by atoms with E-state index in [9.17, 15) is 4.79 Å². The lowest BCUT2D eigenvalue weighted by molar-refractivity contribution is -0.123. The number of nitrogens with zero attached hydrogens (tertiary/aromatic N) is 1. The summed E-state index contributed by atoms with van der Waals surface area (Å²) in [7, 11) is 0. The van der Waals surface area contributed by atoms with Gasteiger partial charge in [0.25, 0.3) is 0 Å². The van der Waals surface area contributed by atoms with E-state index in [2.05, 4.69) is 10.5 Å². The zero-order valence-corrected chi connectivity index (χ0v) is 12.9. The van der Waals surface area contributed by atoms with Crippen molar-refractivity contribution in [2.75, 3.05) is 0 Å². The van der Waals surface area contributed by atoms with Crippen LogP contribution in [0.4, 0.5) is 0 Å². The minimum absolute atomic E-state index is 0.0643. The summed E-state index contributed by atoms with van der Waals surface area (Å²) in [4.78, 5) is 13.0. The summed E-state index contributed by atoms with van der Waals surface area (Å²) in [5.41, 5.74) is 2.44. The molecule has 0 spiro atoms. The Bertz CT molecular complexity index is 519. The van der Waals surface area contributed by atoms with Crippen LogP contribution in [0.1, 0.15) is 18.7 Å². The fourth-order valence-corrected chi connectivity index (χ4v) is 3.08. The number of hydrazone groups is 1. The minimum Gasteiger partial charge on any atom is -0.273 e. The molecular formula is C13H14Cl2N2OS. The van der Waals surface area contributed by atoms with Crippen LogP contribution in [0.3, 0.4) is 0 Å². The first kappa shape index (κ1) is 14.6. The van der Waals surface area contributed by atoms with Gasteiger partial charge in [0.2, 0.25) is 5.91 Å². The van der Waals surface area contributed by atoms with Gasteiger partial charge in [-0.05, 0) is 28.9 Å². The maximum atomic E-state index is 12.0. The summed E-state index contributed by atoms with van der Waals surface area (Å²) in [6, 6.07) is 3.86. The van der Waals surface area contributed by atoms with Gasteiger partial charge >= 0.3 is 0 Å². The van der Waals surface area contributed by atoms with E-state index in [-0.39, 0.29) is 27.6 Å². The van der Waals surface area contributed by atoms with Crippen molar-refractivity contribution in [3.05, 3.63) is 33.0 Å². The fraction of sp³-hybridized carbons (Fsp3) is 0.385. The van der Waals surface area contributed by atoms with E-state index in [1.54, 1.807) is 23.6 Å². The number of carbonyl (C=O) groups excluding carboxylic acids is 1. The molecule has 1 fully saturated rings. The SMILES string of the molecule is CC1(C)C(C=C(Cl)Cl)C1C(=O)N/N=C/c1cccs1. The van der Waals surface area contributed by atoms with Crippen LogP contribution < -0.4 is 5.43 Å². The average molecular weight is 317 g/mol. The maximum absolute atomic E-state index is 12.0. The second-order valence-electron chi connectivity index (χ2n) is 5.03. The molecule has 0 aromatic carbocycles. The van der Waals surface area contributed by atoms with Crippen LogP contribution in [0, 0.1) is 17.3 Å². The van der Waals surface area contributed by atoms with Crippen LogP contribution in [0.2, 0.25) is 0 Å². The summed E-state index contributed by atoms with van der Waals surface area (Å²) < 4.78 is 0.204. The predicted octanol–water partition coefficient (Wildman–Crippen LogP) is 3.79. The predicted molar refractivity (Wildman–Crippen MR) is 80.6 cm³/mol. The Labute approximate surface area is 126 Å². The largest absolute Gasteiger partial charge is 0.273 e. The van der Waals surface area contributed by atoms with Gasteiger partial charge in [0.05, 0.1) is 12.1 Å². The van der Waals surface area contributed by atoms with Gasteiger partial charge in [-0.25, -0.2) is 5.43 Å². The zero-order chi connectivity index (χ0) is 14.0. The Morgan fingerprint density at radius 2 is 2.26 bits per heavy atom. The summed E-state index contributed by atoms with van der Waals surface area (Å²) in [5, 5.41) is 5.91. The zero-order valence-electron chi connectivity index (χ0n) is 10.6. The number of halogens is 2. The van der Waals surface area contributed by atoms with Crippen molar-refractivity contribution >= 4 is 46.7 Å². The third-order valence-corrected chi connectivity index (χ3v) is 4.47. The second-order valence-corrected chi connectivity index (χ2v) is 7.02. The van der Waals surface area contributed by atoms with E-state index in [4.69, 9.17) is 23.2 Å². The lowest BCUT2D eigenvalue weighted by atomic mass is 10.1. The lowest BCUT2D eigenvalue weighted by Gasteiger charge is -2.00. The number of carbonyl (C=O) groups is 1. The second kappa shape index (κ2) is 5.65. The fourth-order valence-electron chi connectivity index (χ4n) is 2.22. The van der Waals surface area contributed by atoms with Crippen LogP contribution in [-0.2, 0) is 4.79 Å². The highest BCUT2D eigenvalue weighted by Crippen LogP contribution is 2.59. The van der Waals surface area contributed by atoms with E-state index in [0.717, 1.165) is 4.88 Å². The van der Waals surface area contributed by atoms with Crippen molar-refractivity contribution < 1.29 is 4.79 Å². The molecule has 1 N–H and O–H groups in total. The molecule has 2 unspecified atom stereocenters. The third kappa shape index (κ3) is 3.38. The topological polar surface area (TPSA) is 41.5 Å². The minimum atomic E-state index is -0.138. The van der Waals surface area contributed by atoms with Crippen molar-refractivity contribution in [2.45, 2.75) is 13.8 Å². The van der Waals surface area contributed by atoms with Gasteiger partial charge < -0.3 is 0 Å². The molecule has 102 valence electrons.